The molecule has 2 aliphatic rings. The smallest absolute Gasteiger partial charge is 0.234 e. The summed E-state index contributed by atoms with van der Waals surface area (Å²) in [4.78, 5) is 18.6. The number of ether oxygens (including phenoxy) is 1. The number of phenolic OH excluding ortho intramolecular Hbond substituents is 1. The first-order chi connectivity index (χ1) is 17.1. The van der Waals surface area contributed by atoms with E-state index < -0.39 is 5.92 Å². The molecule has 0 spiro atoms. The Kier molecular flexibility index (Phi) is 7.09. The van der Waals surface area contributed by atoms with Gasteiger partial charge in [-0.05, 0) is 47.7 Å². The first-order valence-corrected chi connectivity index (χ1v) is 12.7. The molecule has 0 aromatic heterocycles. The number of carbonyl (C=O) groups is 1. The van der Waals surface area contributed by atoms with Gasteiger partial charge in [0.15, 0.2) is 0 Å². The molecule has 5 nitrogen and oxygen atoms in total. The number of morpholine rings is 1. The zero-order valence-electron chi connectivity index (χ0n) is 19.8. The van der Waals surface area contributed by atoms with Gasteiger partial charge in [-0.15, -0.1) is 0 Å². The standard InChI is InChI=1S/C29H31ClN2O3/c30-26-9-5-4-8-25(26)27(22-10-12-24(33)13-11-22)28(34)31-16-14-29(15-17-31,23-6-2-1-3-7-23)32-18-20-35-21-19-32/h1-13,27,33H,14-21H2. The van der Waals surface area contributed by atoms with Crippen LogP contribution in [0, 0.1) is 0 Å². The molecule has 35 heavy (non-hydrogen) atoms. The molecule has 0 saturated carbocycles. The average Bonchev–Trinajstić information content (AvgIpc) is 2.92. The molecular weight excluding hydrogens is 460 g/mol. The Morgan fingerprint density at radius 3 is 2.14 bits per heavy atom. The summed E-state index contributed by atoms with van der Waals surface area (Å²) in [5, 5.41) is 10.4. The fraction of sp³-hybridized carbons (Fsp3) is 0.345. The Hall–Kier alpha value is -2.86. The Balaban J connectivity index is 1.43. The van der Waals surface area contributed by atoms with Crippen molar-refractivity contribution in [3.05, 3.63) is 101 Å². The summed E-state index contributed by atoms with van der Waals surface area (Å²) in [6.45, 7) is 4.63. The van der Waals surface area contributed by atoms with E-state index in [-0.39, 0.29) is 17.2 Å². The maximum absolute atomic E-state index is 14.0. The van der Waals surface area contributed by atoms with Crippen LogP contribution in [-0.2, 0) is 15.1 Å². The van der Waals surface area contributed by atoms with Crippen molar-refractivity contribution in [3.63, 3.8) is 0 Å². The topological polar surface area (TPSA) is 53.0 Å². The number of nitrogens with zero attached hydrogens (tertiary/aromatic N) is 2. The maximum Gasteiger partial charge on any atom is 0.234 e. The number of piperidine rings is 1. The largest absolute Gasteiger partial charge is 0.508 e. The lowest BCUT2D eigenvalue weighted by Crippen LogP contribution is -2.57. The molecule has 1 atom stereocenters. The summed E-state index contributed by atoms with van der Waals surface area (Å²) in [6, 6.07) is 25.1. The van der Waals surface area contributed by atoms with Crippen LogP contribution >= 0.6 is 11.6 Å². The van der Waals surface area contributed by atoms with Gasteiger partial charge in [-0.3, -0.25) is 9.69 Å². The molecule has 1 unspecified atom stereocenters. The molecule has 3 aromatic carbocycles. The predicted octanol–water partition coefficient (Wildman–Crippen LogP) is 5.03. The van der Waals surface area contributed by atoms with Crippen LogP contribution in [0.5, 0.6) is 5.75 Å². The molecule has 182 valence electrons. The maximum atomic E-state index is 14.0. The summed E-state index contributed by atoms with van der Waals surface area (Å²) in [7, 11) is 0. The van der Waals surface area contributed by atoms with E-state index in [9.17, 15) is 9.90 Å². The summed E-state index contributed by atoms with van der Waals surface area (Å²) in [6.07, 6.45) is 1.74. The number of hydrogen-bond donors (Lipinski definition) is 1. The first-order valence-electron chi connectivity index (χ1n) is 12.3. The van der Waals surface area contributed by atoms with E-state index in [0.29, 0.717) is 18.1 Å². The minimum absolute atomic E-state index is 0.0485. The normalized spacial score (nSPS) is 19.3. The Labute approximate surface area is 211 Å². The second-order valence-electron chi connectivity index (χ2n) is 9.37. The SMILES string of the molecule is O=C(C(c1ccc(O)cc1)c1ccccc1Cl)N1CCC(c2ccccc2)(N2CCOCC2)CC1. The third kappa shape index (κ3) is 4.81. The lowest BCUT2D eigenvalue weighted by Gasteiger charge is -2.50. The fourth-order valence-electron chi connectivity index (χ4n) is 5.64. The number of rotatable bonds is 5. The van der Waals surface area contributed by atoms with Crippen LogP contribution in [0.1, 0.15) is 35.4 Å². The summed E-state index contributed by atoms with van der Waals surface area (Å²) >= 11 is 6.57. The van der Waals surface area contributed by atoms with Crippen molar-refractivity contribution in [1.82, 2.24) is 9.80 Å². The highest BCUT2D eigenvalue weighted by Gasteiger charge is 2.43. The van der Waals surface area contributed by atoms with Crippen molar-refractivity contribution in [3.8, 4) is 5.75 Å². The fourth-order valence-corrected chi connectivity index (χ4v) is 5.88. The molecule has 0 bridgehead atoms. The molecular formula is C29H31ClN2O3. The lowest BCUT2D eigenvalue weighted by molar-refractivity contribution is -0.136. The molecule has 2 heterocycles. The third-order valence-corrected chi connectivity index (χ3v) is 7.86. The average molecular weight is 491 g/mol. The quantitative estimate of drug-likeness (QED) is 0.545. The van der Waals surface area contributed by atoms with E-state index in [1.807, 2.05) is 41.3 Å². The Bertz CT molecular complexity index is 1140. The Morgan fingerprint density at radius 1 is 0.857 bits per heavy atom. The van der Waals surface area contributed by atoms with Gasteiger partial charge in [0.25, 0.3) is 0 Å². The van der Waals surface area contributed by atoms with Gasteiger partial charge in [0.05, 0.1) is 19.1 Å². The van der Waals surface area contributed by atoms with Crippen molar-refractivity contribution in [2.24, 2.45) is 0 Å². The number of halogens is 1. The highest BCUT2D eigenvalue weighted by Crippen LogP contribution is 2.41. The van der Waals surface area contributed by atoms with Crippen LogP contribution in [-0.4, -0.2) is 60.2 Å². The van der Waals surface area contributed by atoms with E-state index in [4.69, 9.17) is 16.3 Å². The molecule has 0 aliphatic carbocycles. The van der Waals surface area contributed by atoms with Gasteiger partial charge in [-0.2, -0.15) is 0 Å². The minimum atomic E-state index is -0.517. The number of phenols is 1. The summed E-state index contributed by atoms with van der Waals surface area (Å²) in [5.74, 6) is -0.292. The molecule has 2 saturated heterocycles. The van der Waals surface area contributed by atoms with Crippen LogP contribution < -0.4 is 0 Å². The van der Waals surface area contributed by atoms with E-state index in [1.54, 1.807) is 12.1 Å². The highest BCUT2D eigenvalue weighted by atomic mass is 35.5. The van der Waals surface area contributed by atoms with Crippen molar-refractivity contribution < 1.29 is 14.6 Å². The van der Waals surface area contributed by atoms with Crippen LogP contribution in [0.4, 0.5) is 0 Å². The van der Waals surface area contributed by atoms with Gasteiger partial charge in [0, 0.05) is 36.7 Å². The molecule has 1 N–H and O–H groups in total. The number of carbonyl (C=O) groups excluding carboxylic acids is 1. The van der Waals surface area contributed by atoms with Gasteiger partial charge in [0.2, 0.25) is 5.91 Å². The van der Waals surface area contributed by atoms with Crippen molar-refractivity contribution in [2.75, 3.05) is 39.4 Å². The van der Waals surface area contributed by atoms with Crippen LogP contribution in [0.25, 0.3) is 0 Å². The zero-order chi connectivity index (χ0) is 24.3. The van der Waals surface area contributed by atoms with E-state index >= 15 is 0 Å². The number of aromatic hydroxyl groups is 1. The molecule has 5 rings (SSSR count). The van der Waals surface area contributed by atoms with Crippen molar-refractivity contribution in [1.29, 1.82) is 0 Å². The van der Waals surface area contributed by atoms with Crippen LogP contribution in [0.2, 0.25) is 5.02 Å². The summed E-state index contributed by atoms with van der Waals surface area (Å²) < 4.78 is 5.64. The molecule has 0 radical (unpaired) electrons. The zero-order valence-corrected chi connectivity index (χ0v) is 20.5. The monoisotopic (exact) mass is 490 g/mol. The van der Waals surface area contributed by atoms with Gasteiger partial charge in [-0.25, -0.2) is 0 Å². The van der Waals surface area contributed by atoms with E-state index in [0.717, 1.165) is 50.3 Å². The molecule has 2 aliphatic heterocycles. The molecule has 1 amide bonds. The van der Waals surface area contributed by atoms with Gasteiger partial charge < -0.3 is 14.7 Å². The minimum Gasteiger partial charge on any atom is -0.508 e. The molecule has 6 heteroatoms. The number of benzene rings is 3. The first kappa shape index (κ1) is 23.9. The van der Waals surface area contributed by atoms with E-state index in [1.165, 1.54) is 5.56 Å². The van der Waals surface area contributed by atoms with Crippen molar-refractivity contribution in [2.45, 2.75) is 24.3 Å². The van der Waals surface area contributed by atoms with Gasteiger partial charge in [-0.1, -0.05) is 72.3 Å². The summed E-state index contributed by atoms with van der Waals surface area (Å²) in [5.41, 5.74) is 2.84. The van der Waals surface area contributed by atoms with Crippen molar-refractivity contribution >= 4 is 17.5 Å². The molecule has 3 aromatic rings. The second-order valence-corrected chi connectivity index (χ2v) is 9.78. The Morgan fingerprint density at radius 2 is 1.49 bits per heavy atom. The van der Waals surface area contributed by atoms with Crippen LogP contribution in [0.3, 0.4) is 0 Å². The van der Waals surface area contributed by atoms with Crippen LogP contribution in [0.15, 0.2) is 78.9 Å². The molecule has 2 fully saturated rings. The number of hydrogen-bond acceptors (Lipinski definition) is 4. The lowest BCUT2D eigenvalue weighted by atomic mass is 9.78. The van der Waals surface area contributed by atoms with Gasteiger partial charge in [0.1, 0.15) is 5.75 Å². The van der Waals surface area contributed by atoms with E-state index in [2.05, 4.69) is 35.2 Å². The number of amides is 1. The second kappa shape index (κ2) is 10.4. The number of likely N-dealkylation sites (tertiary alicyclic amines) is 1. The highest BCUT2D eigenvalue weighted by molar-refractivity contribution is 6.31. The third-order valence-electron chi connectivity index (χ3n) is 7.52. The van der Waals surface area contributed by atoms with Gasteiger partial charge >= 0.3 is 0 Å². The predicted molar refractivity (Wildman–Crippen MR) is 138 cm³/mol.